The summed E-state index contributed by atoms with van der Waals surface area (Å²) in [7, 11) is 1.70. The number of aromatic nitrogens is 3. The number of benzene rings is 1. The second-order valence-electron chi connectivity index (χ2n) is 4.93. The van der Waals surface area contributed by atoms with Crippen molar-refractivity contribution in [3.63, 3.8) is 0 Å². The molecule has 0 aliphatic carbocycles. The number of amides is 1. The number of ether oxygens (including phenoxy) is 1. The zero-order chi connectivity index (χ0) is 14.4. The lowest BCUT2D eigenvalue weighted by molar-refractivity contribution is 0.143. The molecule has 21 heavy (non-hydrogen) atoms. The van der Waals surface area contributed by atoms with Gasteiger partial charge in [0.1, 0.15) is 12.4 Å². The lowest BCUT2D eigenvalue weighted by Crippen LogP contribution is -2.31. The molecule has 6 nitrogen and oxygen atoms in total. The van der Waals surface area contributed by atoms with Gasteiger partial charge in [-0.3, -0.25) is 9.88 Å². The summed E-state index contributed by atoms with van der Waals surface area (Å²) < 4.78 is 5.10. The summed E-state index contributed by atoms with van der Waals surface area (Å²) in [5, 5.41) is 0. The van der Waals surface area contributed by atoms with Gasteiger partial charge < -0.3 is 9.72 Å². The smallest absolute Gasteiger partial charge is 0.414 e. The molecular weight excluding hydrogens is 268 g/mol. The van der Waals surface area contributed by atoms with Crippen molar-refractivity contribution in [3.8, 4) is 11.4 Å². The highest BCUT2D eigenvalue weighted by atomic mass is 16.6. The summed E-state index contributed by atoms with van der Waals surface area (Å²) in [6.45, 7) is 0.290. The minimum Gasteiger partial charge on any atom is -0.444 e. The lowest BCUT2D eigenvalue weighted by atomic mass is 10.1. The standard InChI is InChI=1S/C15H12N4O2/c1-19-13-7-12-11(6-10(13)8-21-15(19)20)17-14(18-12)9-2-4-16-5-3-9/h2-7H,8H2,1H3,(H,17,18). The van der Waals surface area contributed by atoms with Crippen LogP contribution in [0.3, 0.4) is 0 Å². The van der Waals surface area contributed by atoms with Crippen molar-refractivity contribution in [2.75, 3.05) is 11.9 Å². The summed E-state index contributed by atoms with van der Waals surface area (Å²) >= 11 is 0. The quantitative estimate of drug-likeness (QED) is 0.744. The fraction of sp³-hybridized carbons (Fsp3) is 0.133. The lowest BCUT2D eigenvalue weighted by Gasteiger charge is -2.25. The zero-order valence-electron chi connectivity index (χ0n) is 11.3. The molecule has 0 unspecified atom stereocenters. The van der Waals surface area contributed by atoms with Gasteiger partial charge in [0.25, 0.3) is 0 Å². The minimum absolute atomic E-state index is 0.290. The highest BCUT2D eigenvalue weighted by Crippen LogP contribution is 2.31. The fourth-order valence-corrected chi connectivity index (χ4v) is 2.50. The number of cyclic esters (lactones) is 1. The van der Waals surface area contributed by atoms with Gasteiger partial charge >= 0.3 is 6.09 Å². The van der Waals surface area contributed by atoms with Crippen LogP contribution in [0.25, 0.3) is 22.4 Å². The Morgan fingerprint density at radius 1 is 1.29 bits per heavy atom. The summed E-state index contributed by atoms with van der Waals surface area (Å²) in [5.41, 5.74) is 4.52. The first-order valence-corrected chi connectivity index (χ1v) is 6.56. The summed E-state index contributed by atoms with van der Waals surface area (Å²) in [6.07, 6.45) is 3.12. The fourth-order valence-electron chi connectivity index (χ4n) is 2.50. The third-order valence-corrected chi connectivity index (χ3v) is 3.62. The molecule has 1 aliphatic heterocycles. The van der Waals surface area contributed by atoms with Gasteiger partial charge in [0.2, 0.25) is 0 Å². The number of hydrogen-bond donors (Lipinski definition) is 1. The van der Waals surface area contributed by atoms with Crippen LogP contribution in [0.2, 0.25) is 0 Å². The number of pyridine rings is 1. The summed E-state index contributed by atoms with van der Waals surface area (Å²) in [4.78, 5) is 25.0. The SMILES string of the molecule is CN1C(=O)OCc2cc3[nH]c(-c4ccncc4)nc3cc21. The van der Waals surface area contributed by atoms with E-state index in [1.165, 1.54) is 4.90 Å². The van der Waals surface area contributed by atoms with Gasteiger partial charge in [0.05, 0.1) is 16.7 Å². The Morgan fingerprint density at radius 3 is 2.90 bits per heavy atom. The molecule has 0 saturated carbocycles. The molecule has 6 heteroatoms. The van der Waals surface area contributed by atoms with Crippen molar-refractivity contribution >= 4 is 22.8 Å². The molecule has 1 aromatic carbocycles. The second kappa shape index (κ2) is 4.31. The number of nitrogens with one attached hydrogen (secondary N) is 1. The highest BCUT2D eigenvalue weighted by molar-refractivity contribution is 5.94. The third kappa shape index (κ3) is 1.84. The summed E-state index contributed by atoms with van der Waals surface area (Å²) in [5.74, 6) is 0.782. The first kappa shape index (κ1) is 11.9. The van der Waals surface area contributed by atoms with E-state index in [0.29, 0.717) is 0 Å². The molecule has 3 heterocycles. The molecule has 1 amide bonds. The molecule has 0 bridgehead atoms. The number of carbonyl (C=O) groups is 1. The van der Waals surface area contributed by atoms with E-state index in [2.05, 4.69) is 15.0 Å². The van der Waals surface area contributed by atoms with Crippen LogP contribution in [0.4, 0.5) is 10.5 Å². The number of aromatic amines is 1. The maximum atomic E-state index is 11.6. The largest absolute Gasteiger partial charge is 0.444 e. The molecule has 0 fully saturated rings. The Hall–Kier alpha value is -2.89. The van der Waals surface area contributed by atoms with Crippen LogP contribution in [0.15, 0.2) is 36.7 Å². The Bertz CT molecular complexity index is 842. The first-order chi connectivity index (χ1) is 10.2. The Morgan fingerprint density at radius 2 is 2.10 bits per heavy atom. The molecule has 1 aliphatic rings. The Balaban J connectivity index is 1.88. The molecule has 0 saturated heterocycles. The van der Waals surface area contributed by atoms with Crippen molar-refractivity contribution in [2.45, 2.75) is 6.61 Å². The number of H-pyrrole nitrogens is 1. The average Bonchev–Trinajstić information content (AvgIpc) is 2.93. The van der Waals surface area contributed by atoms with E-state index in [-0.39, 0.29) is 12.7 Å². The third-order valence-electron chi connectivity index (χ3n) is 3.62. The van der Waals surface area contributed by atoms with E-state index >= 15 is 0 Å². The molecule has 3 aromatic rings. The van der Waals surface area contributed by atoms with Gasteiger partial charge in [-0.1, -0.05) is 0 Å². The molecule has 0 atom stereocenters. The van der Waals surface area contributed by atoms with Crippen LogP contribution >= 0.6 is 0 Å². The molecule has 4 rings (SSSR count). The monoisotopic (exact) mass is 280 g/mol. The van der Waals surface area contributed by atoms with Crippen molar-refractivity contribution in [1.29, 1.82) is 0 Å². The number of rotatable bonds is 1. The van der Waals surface area contributed by atoms with Crippen LogP contribution in [-0.4, -0.2) is 28.1 Å². The number of anilines is 1. The molecule has 104 valence electrons. The van der Waals surface area contributed by atoms with Crippen LogP contribution in [0.1, 0.15) is 5.56 Å². The van der Waals surface area contributed by atoms with Gasteiger partial charge in [0, 0.05) is 30.6 Å². The molecule has 2 aromatic heterocycles. The number of nitrogens with zero attached hydrogens (tertiary/aromatic N) is 3. The Labute approximate surface area is 120 Å². The minimum atomic E-state index is -0.341. The van der Waals surface area contributed by atoms with Crippen molar-refractivity contribution in [3.05, 3.63) is 42.2 Å². The van der Waals surface area contributed by atoms with Crippen molar-refractivity contribution in [1.82, 2.24) is 15.0 Å². The van der Waals surface area contributed by atoms with Crippen LogP contribution in [0.5, 0.6) is 0 Å². The maximum Gasteiger partial charge on any atom is 0.414 e. The molecule has 1 N–H and O–H groups in total. The van der Waals surface area contributed by atoms with Gasteiger partial charge in [-0.2, -0.15) is 0 Å². The predicted octanol–water partition coefficient (Wildman–Crippen LogP) is 2.71. The topological polar surface area (TPSA) is 71.1 Å². The van der Waals surface area contributed by atoms with E-state index in [1.54, 1.807) is 19.4 Å². The average molecular weight is 280 g/mol. The maximum absolute atomic E-state index is 11.6. The summed E-state index contributed by atoms with van der Waals surface area (Å²) in [6, 6.07) is 7.68. The highest BCUT2D eigenvalue weighted by Gasteiger charge is 2.23. The normalized spacial score (nSPS) is 14.1. The first-order valence-electron chi connectivity index (χ1n) is 6.56. The van der Waals surface area contributed by atoms with E-state index in [0.717, 1.165) is 33.7 Å². The number of fused-ring (bicyclic) bond motifs is 2. The second-order valence-corrected chi connectivity index (χ2v) is 4.93. The molecule has 0 spiro atoms. The molecular formula is C15H12N4O2. The van der Waals surface area contributed by atoms with E-state index in [4.69, 9.17) is 4.74 Å². The van der Waals surface area contributed by atoms with Gasteiger partial charge in [-0.15, -0.1) is 0 Å². The van der Waals surface area contributed by atoms with Crippen LogP contribution < -0.4 is 4.90 Å². The van der Waals surface area contributed by atoms with Crippen LogP contribution in [-0.2, 0) is 11.3 Å². The molecule has 0 radical (unpaired) electrons. The van der Waals surface area contributed by atoms with E-state index in [1.807, 2.05) is 24.3 Å². The van der Waals surface area contributed by atoms with Gasteiger partial charge in [-0.05, 0) is 24.3 Å². The van der Waals surface area contributed by atoms with Gasteiger partial charge in [0.15, 0.2) is 0 Å². The van der Waals surface area contributed by atoms with E-state index in [9.17, 15) is 4.79 Å². The number of hydrogen-bond acceptors (Lipinski definition) is 4. The zero-order valence-corrected chi connectivity index (χ0v) is 11.3. The van der Waals surface area contributed by atoms with Gasteiger partial charge in [-0.25, -0.2) is 9.78 Å². The Kier molecular flexibility index (Phi) is 2.44. The number of carbonyl (C=O) groups excluding carboxylic acids is 1. The van der Waals surface area contributed by atoms with Crippen LogP contribution in [0, 0.1) is 0 Å². The van der Waals surface area contributed by atoms with E-state index < -0.39 is 0 Å². The number of imidazole rings is 1. The predicted molar refractivity (Wildman–Crippen MR) is 77.9 cm³/mol. The van der Waals surface area contributed by atoms with Crippen molar-refractivity contribution in [2.24, 2.45) is 0 Å². The van der Waals surface area contributed by atoms with Crippen molar-refractivity contribution < 1.29 is 9.53 Å².